The summed E-state index contributed by atoms with van der Waals surface area (Å²) < 4.78 is 0. The lowest BCUT2D eigenvalue weighted by Gasteiger charge is -2.20. The summed E-state index contributed by atoms with van der Waals surface area (Å²) in [5, 5.41) is 35.3. The highest BCUT2D eigenvalue weighted by Gasteiger charge is 2.28. The highest BCUT2D eigenvalue weighted by molar-refractivity contribution is 5.56. The average molecular weight is 174 g/mol. The summed E-state index contributed by atoms with van der Waals surface area (Å²) in [6, 6.07) is 0. The van der Waals surface area contributed by atoms with Gasteiger partial charge in [0, 0.05) is 0 Å². The highest BCUT2D eigenvalue weighted by Crippen LogP contribution is 2.02. The predicted octanol–water partition coefficient (Wildman–Crippen LogP) is -2.74. The summed E-state index contributed by atoms with van der Waals surface area (Å²) in [6.07, 6.45) is -2.10. The van der Waals surface area contributed by atoms with Crippen LogP contribution in [0.4, 0.5) is 0 Å². The molecule has 0 aliphatic heterocycles. The Labute approximate surface area is 69.3 Å². The number of terminal acetylenes is 1. The van der Waals surface area contributed by atoms with Crippen LogP contribution in [-0.2, 0) is 4.79 Å². The van der Waals surface area contributed by atoms with E-state index in [4.69, 9.17) is 26.8 Å². The van der Waals surface area contributed by atoms with Gasteiger partial charge >= 0.3 is 0 Å². The molecule has 12 heavy (non-hydrogen) atoms. The lowest BCUT2D eigenvalue weighted by Crippen LogP contribution is -2.44. The highest BCUT2D eigenvalue weighted by atomic mass is 16.4. The number of rotatable bonds is 4. The minimum Gasteiger partial charge on any atom is -0.387 e. The molecule has 5 heteroatoms. The van der Waals surface area contributed by atoms with Crippen LogP contribution < -0.4 is 0 Å². The van der Waals surface area contributed by atoms with Gasteiger partial charge in [-0.25, -0.2) is 0 Å². The van der Waals surface area contributed by atoms with Crippen LogP contribution in [0.25, 0.3) is 0 Å². The van der Waals surface area contributed by atoms with E-state index in [9.17, 15) is 4.79 Å². The van der Waals surface area contributed by atoms with Crippen molar-refractivity contribution in [3.8, 4) is 12.3 Å². The molecule has 0 aromatic rings. The molecule has 0 spiro atoms. The van der Waals surface area contributed by atoms with Gasteiger partial charge in [-0.2, -0.15) is 0 Å². The second-order valence-electron chi connectivity index (χ2n) is 2.22. The normalized spacial score (nSPS) is 20.2. The van der Waals surface area contributed by atoms with Crippen molar-refractivity contribution >= 4 is 6.29 Å². The third-order valence-electron chi connectivity index (χ3n) is 1.33. The second kappa shape index (κ2) is 4.85. The van der Waals surface area contributed by atoms with Gasteiger partial charge in [0.1, 0.15) is 24.4 Å². The molecule has 0 fully saturated rings. The Balaban J connectivity index is 4.19. The molecule has 0 rings (SSSR count). The van der Waals surface area contributed by atoms with Gasteiger partial charge in [-0.05, 0) is 0 Å². The first kappa shape index (κ1) is 11.1. The van der Waals surface area contributed by atoms with E-state index in [0.717, 1.165) is 0 Å². The molecule has 0 radical (unpaired) electrons. The molecule has 68 valence electrons. The van der Waals surface area contributed by atoms with Crippen molar-refractivity contribution in [2.24, 2.45) is 0 Å². The van der Waals surface area contributed by atoms with Crippen LogP contribution in [0.15, 0.2) is 0 Å². The van der Waals surface area contributed by atoms with E-state index in [2.05, 4.69) is 0 Å². The fraction of sp³-hybridized carbons (Fsp3) is 0.571. The molecule has 5 nitrogen and oxygen atoms in total. The van der Waals surface area contributed by atoms with Gasteiger partial charge < -0.3 is 25.2 Å². The van der Waals surface area contributed by atoms with Crippen LogP contribution in [0.3, 0.4) is 0 Å². The minimum absolute atomic E-state index is 0.0388. The van der Waals surface area contributed by atoms with Crippen LogP contribution in [-0.4, -0.2) is 51.1 Å². The summed E-state index contributed by atoms with van der Waals surface area (Å²) in [5.41, 5.74) is 0. The van der Waals surface area contributed by atoms with Crippen molar-refractivity contribution in [2.45, 2.75) is 24.4 Å². The Morgan fingerprint density at radius 1 is 1.17 bits per heavy atom. The van der Waals surface area contributed by atoms with E-state index >= 15 is 0 Å². The first-order chi connectivity index (χ1) is 5.54. The summed E-state index contributed by atoms with van der Waals surface area (Å²) >= 11 is 0. The summed E-state index contributed by atoms with van der Waals surface area (Å²) in [5.74, 6) is 1.74. The van der Waals surface area contributed by atoms with E-state index in [-0.39, 0.29) is 6.29 Å². The van der Waals surface area contributed by atoms with Crippen molar-refractivity contribution in [1.29, 1.82) is 0 Å². The van der Waals surface area contributed by atoms with Gasteiger partial charge in [0.25, 0.3) is 0 Å². The number of aldehydes is 1. The Morgan fingerprint density at radius 2 is 1.67 bits per heavy atom. The van der Waals surface area contributed by atoms with Gasteiger partial charge in [0.15, 0.2) is 6.29 Å². The molecule has 4 N–H and O–H groups in total. The number of aliphatic hydroxyl groups is 4. The maximum atomic E-state index is 9.91. The van der Waals surface area contributed by atoms with E-state index in [1.165, 1.54) is 0 Å². The molecule has 1 unspecified atom stereocenters. The van der Waals surface area contributed by atoms with Crippen LogP contribution >= 0.6 is 0 Å². The van der Waals surface area contributed by atoms with Crippen molar-refractivity contribution < 1.29 is 25.2 Å². The average Bonchev–Trinajstić information content (AvgIpc) is 2.12. The first-order valence-corrected chi connectivity index (χ1v) is 3.18. The van der Waals surface area contributed by atoms with Gasteiger partial charge in [0.05, 0.1) is 0 Å². The summed E-state index contributed by atoms with van der Waals surface area (Å²) in [6.45, 7) is 0. The van der Waals surface area contributed by atoms with Crippen LogP contribution in [0.2, 0.25) is 0 Å². The molecule has 0 amide bonds. The van der Waals surface area contributed by atoms with E-state index in [1.807, 2.05) is 0 Å². The van der Waals surface area contributed by atoms with E-state index in [0.29, 0.717) is 0 Å². The van der Waals surface area contributed by atoms with Crippen molar-refractivity contribution in [1.82, 2.24) is 0 Å². The Hall–Kier alpha value is -0.930. The molecule has 0 aliphatic carbocycles. The SMILES string of the molecule is C#CC(O)[C@@H](O)[C@@H](O)[C@H](O)C=O. The van der Waals surface area contributed by atoms with Crippen molar-refractivity contribution in [2.75, 3.05) is 0 Å². The van der Waals surface area contributed by atoms with Gasteiger partial charge in [-0.1, -0.05) is 5.92 Å². The molecule has 4 atom stereocenters. The summed E-state index contributed by atoms with van der Waals surface area (Å²) in [4.78, 5) is 9.91. The topological polar surface area (TPSA) is 98.0 Å². The molecule has 0 aromatic heterocycles. The van der Waals surface area contributed by atoms with E-state index in [1.54, 1.807) is 5.92 Å². The largest absolute Gasteiger partial charge is 0.387 e. The lowest BCUT2D eigenvalue weighted by molar-refractivity contribution is -0.130. The van der Waals surface area contributed by atoms with Crippen molar-refractivity contribution in [3.05, 3.63) is 0 Å². The lowest BCUT2D eigenvalue weighted by atomic mass is 10.0. The Bertz CT molecular complexity index is 185. The Kier molecular flexibility index (Phi) is 4.47. The number of hydrogen-bond donors (Lipinski definition) is 4. The monoisotopic (exact) mass is 174 g/mol. The van der Waals surface area contributed by atoms with Crippen LogP contribution in [0.5, 0.6) is 0 Å². The molecule has 0 saturated heterocycles. The zero-order valence-corrected chi connectivity index (χ0v) is 6.16. The van der Waals surface area contributed by atoms with Crippen LogP contribution in [0.1, 0.15) is 0 Å². The molecule has 0 saturated carbocycles. The first-order valence-electron chi connectivity index (χ1n) is 3.18. The van der Waals surface area contributed by atoms with E-state index < -0.39 is 24.4 Å². The fourth-order valence-electron chi connectivity index (χ4n) is 0.568. The second-order valence-corrected chi connectivity index (χ2v) is 2.22. The third-order valence-corrected chi connectivity index (χ3v) is 1.33. The summed E-state index contributed by atoms with van der Waals surface area (Å²) in [7, 11) is 0. The minimum atomic E-state index is -1.77. The van der Waals surface area contributed by atoms with Gasteiger partial charge in [-0.15, -0.1) is 6.42 Å². The predicted molar refractivity (Wildman–Crippen MR) is 38.9 cm³/mol. The standard InChI is InChI=1S/C7H10O5/c1-2-4(9)6(11)7(12)5(10)3-8/h1,3-7,9-12H/t4?,5-,6-,7+/m1/s1. The molecule has 0 aromatic carbocycles. The zero-order valence-electron chi connectivity index (χ0n) is 6.16. The number of aliphatic hydroxyl groups excluding tert-OH is 4. The maximum Gasteiger partial charge on any atom is 0.151 e. The number of carbonyl (C=O) groups excluding carboxylic acids is 1. The molecular formula is C7H10O5. The van der Waals surface area contributed by atoms with Crippen LogP contribution in [0, 0.1) is 12.3 Å². The third kappa shape index (κ3) is 2.60. The zero-order chi connectivity index (χ0) is 9.72. The van der Waals surface area contributed by atoms with Gasteiger partial charge in [-0.3, -0.25) is 0 Å². The smallest absolute Gasteiger partial charge is 0.151 e. The number of carbonyl (C=O) groups is 1. The Morgan fingerprint density at radius 3 is 2.00 bits per heavy atom. The van der Waals surface area contributed by atoms with Crippen molar-refractivity contribution in [3.63, 3.8) is 0 Å². The molecule has 0 bridgehead atoms. The molecular weight excluding hydrogens is 164 g/mol. The number of hydrogen-bond acceptors (Lipinski definition) is 5. The van der Waals surface area contributed by atoms with Gasteiger partial charge in [0.2, 0.25) is 0 Å². The maximum absolute atomic E-state index is 9.91. The fourth-order valence-corrected chi connectivity index (χ4v) is 0.568. The molecule has 0 heterocycles. The molecule has 0 aliphatic rings. The quantitative estimate of drug-likeness (QED) is 0.274.